The number of aromatic carboxylic acids is 1. The first-order chi connectivity index (χ1) is 9.81. The summed E-state index contributed by atoms with van der Waals surface area (Å²) in [6.07, 6.45) is 1.21. The lowest BCUT2D eigenvalue weighted by Gasteiger charge is -2.10. The molecule has 0 bridgehead atoms. The van der Waals surface area contributed by atoms with Gasteiger partial charge in [0.25, 0.3) is 10.0 Å². The number of halogens is 2. The van der Waals surface area contributed by atoms with Crippen molar-refractivity contribution >= 4 is 37.6 Å². The van der Waals surface area contributed by atoms with Crippen molar-refractivity contribution in [1.29, 1.82) is 0 Å². The standard InChI is InChI=1S/C12H8BrFN2O4S/c13-7-3-4-10(8(14)6-7)21(19,20)16-9-2-1-5-15-11(9)12(17)18/h1-6,16H,(H,17,18). The average Bonchev–Trinajstić information content (AvgIpc) is 2.37. The molecule has 1 aromatic carbocycles. The number of nitrogens with zero attached hydrogens (tertiary/aromatic N) is 1. The summed E-state index contributed by atoms with van der Waals surface area (Å²) in [6, 6.07) is 6.01. The van der Waals surface area contributed by atoms with E-state index in [1.54, 1.807) is 0 Å². The number of rotatable bonds is 4. The number of carbonyl (C=O) groups is 1. The summed E-state index contributed by atoms with van der Waals surface area (Å²) < 4.78 is 40.4. The summed E-state index contributed by atoms with van der Waals surface area (Å²) in [5.74, 6) is -2.36. The number of carboxylic acids is 1. The highest BCUT2D eigenvalue weighted by Gasteiger charge is 2.22. The lowest BCUT2D eigenvalue weighted by atomic mass is 10.3. The van der Waals surface area contributed by atoms with Gasteiger partial charge in [0.1, 0.15) is 10.7 Å². The van der Waals surface area contributed by atoms with Gasteiger partial charge in [0, 0.05) is 10.7 Å². The maximum absolute atomic E-state index is 13.7. The minimum Gasteiger partial charge on any atom is -0.476 e. The number of hydrogen-bond donors (Lipinski definition) is 2. The van der Waals surface area contributed by atoms with Crippen LogP contribution in [-0.2, 0) is 10.0 Å². The Morgan fingerprint density at radius 1 is 1.33 bits per heavy atom. The van der Waals surface area contributed by atoms with Gasteiger partial charge in [-0.3, -0.25) is 4.72 Å². The molecule has 0 amide bonds. The molecule has 21 heavy (non-hydrogen) atoms. The third-order valence-electron chi connectivity index (χ3n) is 2.44. The van der Waals surface area contributed by atoms with Crippen LogP contribution >= 0.6 is 15.9 Å². The van der Waals surface area contributed by atoms with Crippen LogP contribution in [0.15, 0.2) is 45.9 Å². The molecule has 0 spiro atoms. The van der Waals surface area contributed by atoms with E-state index < -0.39 is 32.4 Å². The predicted molar refractivity (Wildman–Crippen MR) is 76.1 cm³/mol. The summed E-state index contributed by atoms with van der Waals surface area (Å²) in [5.41, 5.74) is -0.717. The maximum Gasteiger partial charge on any atom is 0.356 e. The zero-order chi connectivity index (χ0) is 15.6. The normalized spacial score (nSPS) is 11.1. The molecule has 0 saturated carbocycles. The summed E-state index contributed by atoms with van der Waals surface area (Å²) in [7, 11) is -4.27. The Morgan fingerprint density at radius 2 is 2.05 bits per heavy atom. The van der Waals surface area contributed by atoms with Crippen LogP contribution in [0.3, 0.4) is 0 Å². The first-order valence-electron chi connectivity index (χ1n) is 5.47. The van der Waals surface area contributed by atoms with Crippen molar-refractivity contribution < 1.29 is 22.7 Å². The SMILES string of the molecule is O=C(O)c1ncccc1NS(=O)(=O)c1ccc(Br)cc1F. The van der Waals surface area contributed by atoms with Gasteiger partial charge in [0.05, 0.1) is 5.69 Å². The lowest BCUT2D eigenvalue weighted by molar-refractivity contribution is 0.0692. The summed E-state index contributed by atoms with van der Waals surface area (Å²) in [5, 5.41) is 8.95. The maximum atomic E-state index is 13.7. The Hall–Kier alpha value is -2.00. The second kappa shape index (κ2) is 5.78. The van der Waals surface area contributed by atoms with Crippen molar-refractivity contribution in [3.05, 3.63) is 52.5 Å². The number of pyridine rings is 1. The lowest BCUT2D eigenvalue weighted by Crippen LogP contribution is -2.17. The number of anilines is 1. The number of nitrogens with one attached hydrogen (secondary N) is 1. The van der Waals surface area contributed by atoms with E-state index in [2.05, 4.69) is 20.9 Å². The van der Waals surface area contributed by atoms with Gasteiger partial charge in [0.15, 0.2) is 5.69 Å². The van der Waals surface area contributed by atoms with E-state index in [9.17, 15) is 17.6 Å². The number of benzene rings is 1. The molecule has 6 nitrogen and oxygen atoms in total. The minimum absolute atomic E-state index is 0.243. The Labute approximate surface area is 127 Å². The molecule has 0 aliphatic carbocycles. The largest absolute Gasteiger partial charge is 0.476 e. The van der Waals surface area contributed by atoms with E-state index in [4.69, 9.17) is 5.11 Å². The van der Waals surface area contributed by atoms with Crippen LogP contribution < -0.4 is 4.72 Å². The molecule has 0 atom stereocenters. The van der Waals surface area contributed by atoms with Crippen LogP contribution in [0.4, 0.5) is 10.1 Å². The molecule has 1 aromatic heterocycles. The van der Waals surface area contributed by atoms with E-state index in [0.29, 0.717) is 4.47 Å². The first-order valence-corrected chi connectivity index (χ1v) is 7.75. The first kappa shape index (κ1) is 15.4. The van der Waals surface area contributed by atoms with Gasteiger partial charge in [-0.1, -0.05) is 15.9 Å². The molecule has 0 fully saturated rings. The number of sulfonamides is 1. The van der Waals surface area contributed by atoms with E-state index in [1.807, 2.05) is 4.72 Å². The molecule has 0 radical (unpaired) electrons. The van der Waals surface area contributed by atoms with Crippen molar-refractivity contribution in [2.24, 2.45) is 0 Å². The molecule has 9 heteroatoms. The number of carboxylic acid groups (broad SMARTS) is 1. The van der Waals surface area contributed by atoms with E-state index in [1.165, 1.54) is 24.4 Å². The molecule has 2 rings (SSSR count). The van der Waals surface area contributed by atoms with Gasteiger partial charge >= 0.3 is 5.97 Å². The fourth-order valence-electron chi connectivity index (χ4n) is 1.55. The fourth-order valence-corrected chi connectivity index (χ4v) is 3.01. The highest BCUT2D eigenvalue weighted by atomic mass is 79.9. The third-order valence-corrected chi connectivity index (χ3v) is 4.33. The van der Waals surface area contributed by atoms with Gasteiger partial charge < -0.3 is 5.11 Å². The van der Waals surface area contributed by atoms with Crippen molar-refractivity contribution in [2.45, 2.75) is 4.90 Å². The molecule has 0 aliphatic rings. The van der Waals surface area contributed by atoms with Crippen LogP contribution in [0.1, 0.15) is 10.5 Å². The Balaban J connectivity index is 2.45. The quantitative estimate of drug-likeness (QED) is 0.856. The van der Waals surface area contributed by atoms with E-state index >= 15 is 0 Å². The molecule has 1 heterocycles. The van der Waals surface area contributed by atoms with E-state index in [0.717, 1.165) is 12.1 Å². The summed E-state index contributed by atoms with van der Waals surface area (Å²) in [4.78, 5) is 14.0. The summed E-state index contributed by atoms with van der Waals surface area (Å²) >= 11 is 3.02. The Kier molecular flexibility index (Phi) is 4.24. The third kappa shape index (κ3) is 3.37. The van der Waals surface area contributed by atoms with Crippen molar-refractivity contribution in [1.82, 2.24) is 4.98 Å². The zero-order valence-corrected chi connectivity index (χ0v) is 12.6. The van der Waals surface area contributed by atoms with E-state index in [-0.39, 0.29) is 5.69 Å². The van der Waals surface area contributed by atoms with Gasteiger partial charge in [0.2, 0.25) is 0 Å². The van der Waals surface area contributed by atoms with Crippen molar-refractivity contribution in [3.63, 3.8) is 0 Å². The highest BCUT2D eigenvalue weighted by Crippen LogP contribution is 2.23. The van der Waals surface area contributed by atoms with Crippen LogP contribution in [0, 0.1) is 5.82 Å². The molecule has 0 unspecified atom stereocenters. The van der Waals surface area contributed by atoms with Gasteiger partial charge in [-0.15, -0.1) is 0 Å². The number of hydrogen-bond acceptors (Lipinski definition) is 4. The predicted octanol–water partition coefficient (Wildman–Crippen LogP) is 2.48. The van der Waals surface area contributed by atoms with Crippen LogP contribution in [-0.4, -0.2) is 24.5 Å². The second-order valence-electron chi connectivity index (χ2n) is 3.88. The number of aromatic nitrogens is 1. The molecular formula is C12H8BrFN2O4S. The Bertz CT molecular complexity index is 811. The Morgan fingerprint density at radius 3 is 2.67 bits per heavy atom. The van der Waals surface area contributed by atoms with Gasteiger partial charge in [-0.05, 0) is 30.3 Å². The van der Waals surface area contributed by atoms with Crippen LogP contribution in [0.5, 0.6) is 0 Å². The van der Waals surface area contributed by atoms with Crippen molar-refractivity contribution in [3.8, 4) is 0 Å². The van der Waals surface area contributed by atoms with Gasteiger partial charge in [-0.2, -0.15) is 0 Å². The molecule has 0 aliphatic heterocycles. The molecule has 2 aromatic rings. The van der Waals surface area contributed by atoms with Crippen molar-refractivity contribution in [2.75, 3.05) is 4.72 Å². The molecule has 0 saturated heterocycles. The van der Waals surface area contributed by atoms with Crippen LogP contribution in [0.2, 0.25) is 0 Å². The second-order valence-corrected chi connectivity index (χ2v) is 6.45. The monoisotopic (exact) mass is 374 g/mol. The van der Waals surface area contributed by atoms with Crippen LogP contribution in [0.25, 0.3) is 0 Å². The minimum atomic E-state index is -4.27. The topological polar surface area (TPSA) is 96.4 Å². The molecular weight excluding hydrogens is 367 g/mol. The summed E-state index contributed by atoms with van der Waals surface area (Å²) in [6.45, 7) is 0. The molecule has 110 valence electrons. The zero-order valence-electron chi connectivity index (χ0n) is 10.2. The smallest absolute Gasteiger partial charge is 0.356 e. The fraction of sp³-hybridized carbons (Fsp3) is 0. The molecule has 2 N–H and O–H groups in total. The highest BCUT2D eigenvalue weighted by molar-refractivity contribution is 9.10. The average molecular weight is 375 g/mol. The van der Waals surface area contributed by atoms with Gasteiger partial charge in [-0.25, -0.2) is 22.6 Å².